The number of ether oxygens (including phenoxy) is 1. The van der Waals surface area contributed by atoms with E-state index in [0.29, 0.717) is 6.42 Å². The van der Waals surface area contributed by atoms with Gasteiger partial charge in [-0.05, 0) is 31.8 Å². The fourth-order valence-electron chi connectivity index (χ4n) is 4.76. The fourth-order valence-corrected chi connectivity index (χ4v) is 4.76. The Morgan fingerprint density at radius 1 is 0.714 bits per heavy atom. The Kier molecular flexibility index (Phi) is 18.4. The minimum absolute atomic E-state index is 0.00348. The molecule has 0 aromatic rings. The maximum absolute atomic E-state index is 11.3. The van der Waals surface area contributed by atoms with Gasteiger partial charge in [0.2, 0.25) is 0 Å². The number of carbonyl (C=O) groups excluding carboxylic acids is 1. The second-order valence-electron chi connectivity index (χ2n) is 10.4. The van der Waals surface area contributed by atoms with Gasteiger partial charge >= 0.3 is 5.97 Å². The van der Waals surface area contributed by atoms with Crippen LogP contribution in [0.5, 0.6) is 0 Å². The lowest BCUT2D eigenvalue weighted by Gasteiger charge is -2.27. The first-order valence-corrected chi connectivity index (χ1v) is 14.1. The zero-order valence-corrected chi connectivity index (χ0v) is 21.9. The molecule has 206 valence electrons. The lowest BCUT2D eigenvalue weighted by atomic mass is 9.96. The minimum atomic E-state index is -0.981. The van der Waals surface area contributed by atoms with E-state index >= 15 is 0 Å². The summed E-state index contributed by atoms with van der Waals surface area (Å²) in [7, 11) is 0. The summed E-state index contributed by atoms with van der Waals surface area (Å²) in [6, 6.07) is 0. The smallest absolute Gasteiger partial charge is 0.330 e. The minimum Gasteiger partial charge on any atom is -0.456 e. The average Bonchev–Trinajstić information content (AvgIpc) is 2.79. The zero-order chi connectivity index (χ0) is 25.9. The third kappa shape index (κ3) is 17.2. The van der Waals surface area contributed by atoms with Crippen LogP contribution >= 0.6 is 0 Å². The molecule has 0 radical (unpaired) electrons. The predicted octanol–water partition coefficient (Wildman–Crippen LogP) is 4.31. The van der Waals surface area contributed by atoms with Gasteiger partial charge in [-0.2, -0.15) is 0 Å². The molecule has 6 atom stereocenters. The van der Waals surface area contributed by atoms with Crippen molar-refractivity contribution in [1.29, 1.82) is 0 Å². The molecular weight excluding hydrogens is 448 g/mol. The molecule has 0 bridgehead atoms. The van der Waals surface area contributed by atoms with Gasteiger partial charge in [0.15, 0.2) is 0 Å². The maximum Gasteiger partial charge on any atom is 0.330 e. The quantitative estimate of drug-likeness (QED) is 0.111. The Morgan fingerprint density at radius 2 is 1.17 bits per heavy atom. The molecule has 1 heterocycles. The van der Waals surface area contributed by atoms with Crippen LogP contribution in [-0.4, -0.2) is 68.1 Å². The molecule has 0 saturated heterocycles. The average molecular weight is 501 g/mol. The van der Waals surface area contributed by atoms with Gasteiger partial charge in [-0.15, -0.1) is 0 Å². The molecule has 0 saturated carbocycles. The van der Waals surface area contributed by atoms with Gasteiger partial charge in [0.1, 0.15) is 12.2 Å². The third-order valence-electron chi connectivity index (χ3n) is 6.86. The van der Waals surface area contributed by atoms with E-state index in [1.165, 1.54) is 76.7 Å². The van der Waals surface area contributed by atoms with Crippen LogP contribution in [0.4, 0.5) is 0 Å². The van der Waals surface area contributed by atoms with Crippen molar-refractivity contribution >= 4 is 5.97 Å². The van der Waals surface area contributed by atoms with Crippen molar-refractivity contribution in [3.63, 3.8) is 0 Å². The number of unbranched alkanes of at least 4 members (excludes halogenated alkanes) is 12. The third-order valence-corrected chi connectivity index (χ3v) is 6.86. The number of cyclic esters (lactones) is 1. The highest BCUT2D eigenvalue weighted by molar-refractivity contribution is 5.83. The normalized spacial score (nSPS) is 21.5. The summed E-state index contributed by atoms with van der Waals surface area (Å²) in [5, 5.41) is 50.5. The van der Waals surface area contributed by atoms with E-state index in [9.17, 15) is 30.3 Å². The van der Waals surface area contributed by atoms with Gasteiger partial charge in [0.25, 0.3) is 0 Å². The summed E-state index contributed by atoms with van der Waals surface area (Å²) >= 11 is 0. The lowest BCUT2D eigenvalue weighted by molar-refractivity contribution is -0.151. The number of esters is 1. The van der Waals surface area contributed by atoms with Crippen LogP contribution in [0.2, 0.25) is 0 Å². The summed E-state index contributed by atoms with van der Waals surface area (Å²) in [5.74, 6) is -0.569. The second kappa shape index (κ2) is 20.1. The number of rotatable bonds is 22. The largest absolute Gasteiger partial charge is 0.456 e. The van der Waals surface area contributed by atoms with Gasteiger partial charge in [0.05, 0.1) is 24.4 Å². The Hall–Kier alpha value is -0.990. The molecule has 1 aliphatic heterocycles. The number of aliphatic hydroxyl groups excluding tert-OH is 5. The van der Waals surface area contributed by atoms with Gasteiger partial charge < -0.3 is 30.3 Å². The van der Waals surface area contributed by atoms with E-state index < -0.39 is 42.6 Å². The monoisotopic (exact) mass is 500 g/mol. The number of hydrogen-bond acceptors (Lipinski definition) is 7. The van der Waals surface area contributed by atoms with E-state index in [1.54, 1.807) is 0 Å². The van der Waals surface area contributed by atoms with E-state index in [1.807, 2.05) is 0 Å². The molecular formula is C28H52O7. The number of hydrogen-bond donors (Lipinski definition) is 5. The maximum atomic E-state index is 11.3. The molecule has 7 heteroatoms. The van der Waals surface area contributed by atoms with Crippen molar-refractivity contribution in [2.24, 2.45) is 0 Å². The Bertz CT molecular complexity index is 553. The fraction of sp³-hybridized carbons (Fsp3) is 0.893. The first-order chi connectivity index (χ1) is 16.8. The Labute approximate surface area is 212 Å². The van der Waals surface area contributed by atoms with Gasteiger partial charge in [-0.3, -0.25) is 0 Å². The van der Waals surface area contributed by atoms with Crippen molar-refractivity contribution in [3.05, 3.63) is 12.2 Å². The topological polar surface area (TPSA) is 127 Å². The number of carbonyl (C=O) groups is 1. The van der Waals surface area contributed by atoms with Crippen LogP contribution in [0.15, 0.2) is 12.2 Å². The first-order valence-electron chi connectivity index (χ1n) is 14.1. The highest BCUT2D eigenvalue weighted by atomic mass is 16.6. The van der Waals surface area contributed by atoms with Crippen LogP contribution in [0.1, 0.15) is 122 Å². The first kappa shape index (κ1) is 32.0. The molecule has 0 spiro atoms. The zero-order valence-electron chi connectivity index (χ0n) is 21.9. The molecule has 1 aliphatic rings. The summed E-state index contributed by atoms with van der Waals surface area (Å²) in [4.78, 5) is 11.3. The summed E-state index contributed by atoms with van der Waals surface area (Å²) in [5.41, 5.74) is 0. The van der Waals surface area contributed by atoms with Crippen molar-refractivity contribution in [2.45, 2.75) is 159 Å². The van der Waals surface area contributed by atoms with Gasteiger partial charge in [-0.1, -0.05) is 90.4 Å². The van der Waals surface area contributed by atoms with Gasteiger partial charge in [0, 0.05) is 12.5 Å². The SMILES string of the molecule is CCCCCCCCCCCCCCC[C@@H](O)C[C@H](O)C[C@H](O)C[C@H](O)C[C@H]1OC(=O)C=C[C@@H]1O. The predicted molar refractivity (Wildman–Crippen MR) is 138 cm³/mol. The van der Waals surface area contributed by atoms with Crippen LogP contribution < -0.4 is 0 Å². The molecule has 0 unspecified atom stereocenters. The van der Waals surface area contributed by atoms with E-state index in [4.69, 9.17) is 4.74 Å². The van der Waals surface area contributed by atoms with Crippen molar-refractivity contribution in [3.8, 4) is 0 Å². The molecule has 7 nitrogen and oxygen atoms in total. The van der Waals surface area contributed by atoms with E-state index in [2.05, 4.69) is 6.92 Å². The van der Waals surface area contributed by atoms with Crippen molar-refractivity contribution in [1.82, 2.24) is 0 Å². The van der Waals surface area contributed by atoms with Gasteiger partial charge in [-0.25, -0.2) is 4.79 Å². The molecule has 0 aromatic heterocycles. The Balaban J connectivity index is 2.00. The molecule has 5 N–H and O–H groups in total. The standard InChI is InChI=1S/C28H52O7/c1-2-3-4-5-6-7-8-9-10-11-12-13-14-15-22(29)18-23(30)19-24(31)20-25(32)21-27-26(33)16-17-28(34)35-27/h16-17,22-27,29-33H,2-15,18-21H2,1H3/t22-,23+,24+,25+,26+,27-/m1/s1. The van der Waals surface area contributed by atoms with Crippen LogP contribution in [0.3, 0.4) is 0 Å². The molecule has 0 aromatic carbocycles. The summed E-state index contributed by atoms with van der Waals surface area (Å²) in [6.07, 6.45) is 14.8. The summed E-state index contributed by atoms with van der Waals surface area (Å²) < 4.78 is 4.98. The molecule has 0 amide bonds. The van der Waals surface area contributed by atoms with Crippen LogP contribution in [0.25, 0.3) is 0 Å². The Morgan fingerprint density at radius 3 is 1.71 bits per heavy atom. The van der Waals surface area contributed by atoms with E-state index in [-0.39, 0.29) is 25.7 Å². The molecule has 0 aliphatic carbocycles. The highest BCUT2D eigenvalue weighted by Crippen LogP contribution is 2.19. The van der Waals surface area contributed by atoms with Crippen LogP contribution in [-0.2, 0) is 9.53 Å². The second-order valence-corrected chi connectivity index (χ2v) is 10.4. The lowest BCUT2D eigenvalue weighted by Crippen LogP contribution is -2.37. The van der Waals surface area contributed by atoms with Crippen molar-refractivity contribution in [2.75, 3.05) is 0 Å². The van der Waals surface area contributed by atoms with E-state index in [0.717, 1.165) is 18.9 Å². The van der Waals surface area contributed by atoms with Crippen LogP contribution in [0, 0.1) is 0 Å². The number of aliphatic hydroxyl groups is 5. The highest BCUT2D eigenvalue weighted by Gasteiger charge is 2.28. The van der Waals surface area contributed by atoms with Crippen molar-refractivity contribution < 1.29 is 35.1 Å². The molecule has 35 heavy (non-hydrogen) atoms. The molecule has 1 rings (SSSR count). The molecule has 0 fully saturated rings. The summed E-state index contributed by atoms with van der Waals surface area (Å²) in [6.45, 7) is 2.25.